The van der Waals surface area contributed by atoms with E-state index >= 15 is 0 Å². The van der Waals surface area contributed by atoms with Crippen LogP contribution in [-0.4, -0.2) is 24.1 Å². The largest absolute Gasteiger partial charge is 0.466 e. The Kier molecular flexibility index (Phi) is 3.55. The first kappa shape index (κ1) is 12.5. The number of hydrogen-bond acceptors (Lipinski definition) is 4. The van der Waals surface area contributed by atoms with E-state index in [0.29, 0.717) is 17.5 Å². The van der Waals surface area contributed by atoms with Crippen LogP contribution in [0.5, 0.6) is 0 Å². The maximum Gasteiger partial charge on any atom is 0.302 e. The summed E-state index contributed by atoms with van der Waals surface area (Å²) in [5.74, 6) is -0.785. The first-order chi connectivity index (χ1) is 8.59. The van der Waals surface area contributed by atoms with Crippen LogP contribution < -0.4 is 0 Å². The van der Waals surface area contributed by atoms with Gasteiger partial charge in [0.25, 0.3) is 0 Å². The van der Waals surface area contributed by atoms with Crippen molar-refractivity contribution < 1.29 is 19.1 Å². The maximum absolute atomic E-state index is 12.1. The van der Waals surface area contributed by atoms with Crippen LogP contribution in [0.3, 0.4) is 0 Å². The molecular weight excluding hydrogens is 232 g/mol. The van der Waals surface area contributed by atoms with Gasteiger partial charge in [-0.05, 0) is 6.42 Å². The van der Waals surface area contributed by atoms with Crippen molar-refractivity contribution in [3.05, 3.63) is 35.4 Å². The Labute approximate surface area is 105 Å². The average molecular weight is 246 g/mol. The van der Waals surface area contributed by atoms with Crippen LogP contribution in [0.25, 0.3) is 0 Å². The highest BCUT2D eigenvalue weighted by Crippen LogP contribution is 2.27. The first-order valence-electron chi connectivity index (χ1n) is 5.89. The topological polar surface area (TPSA) is 60.4 Å². The van der Waals surface area contributed by atoms with E-state index in [1.807, 2.05) is 0 Å². The Hall–Kier alpha value is -1.97. The van der Waals surface area contributed by atoms with Gasteiger partial charge in [-0.1, -0.05) is 24.3 Å². The molecule has 0 N–H and O–H groups in total. The molecule has 1 aliphatic carbocycles. The molecule has 4 nitrogen and oxygen atoms in total. The van der Waals surface area contributed by atoms with Gasteiger partial charge in [0.05, 0.1) is 6.61 Å². The number of carbonyl (C=O) groups is 3. The zero-order valence-corrected chi connectivity index (χ0v) is 10.1. The van der Waals surface area contributed by atoms with Crippen molar-refractivity contribution in [2.24, 2.45) is 5.92 Å². The van der Waals surface area contributed by atoms with Gasteiger partial charge in [-0.2, -0.15) is 0 Å². The number of ether oxygens (including phenoxy) is 1. The molecule has 1 aliphatic rings. The number of rotatable bonds is 3. The number of esters is 1. The molecule has 0 radical (unpaired) electrons. The van der Waals surface area contributed by atoms with Crippen LogP contribution in [0.15, 0.2) is 24.3 Å². The molecule has 1 atom stereocenters. The van der Waals surface area contributed by atoms with E-state index in [0.717, 1.165) is 0 Å². The molecule has 0 saturated heterocycles. The fourth-order valence-electron chi connectivity index (χ4n) is 2.17. The number of hydrogen-bond donors (Lipinski definition) is 0. The molecular formula is C14H14O4. The van der Waals surface area contributed by atoms with Crippen LogP contribution in [0.1, 0.15) is 40.5 Å². The van der Waals surface area contributed by atoms with Crippen molar-refractivity contribution in [2.75, 3.05) is 6.61 Å². The summed E-state index contributed by atoms with van der Waals surface area (Å²) in [5.41, 5.74) is 0.993. The minimum atomic E-state index is -0.370. The zero-order valence-electron chi connectivity index (χ0n) is 10.1. The predicted molar refractivity (Wildman–Crippen MR) is 64.5 cm³/mol. The number of benzene rings is 1. The molecule has 18 heavy (non-hydrogen) atoms. The normalized spacial score (nSPS) is 18.4. The molecule has 0 spiro atoms. The Morgan fingerprint density at radius 2 is 1.94 bits per heavy atom. The second kappa shape index (κ2) is 5.12. The highest BCUT2D eigenvalue weighted by Gasteiger charge is 2.31. The van der Waals surface area contributed by atoms with Gasteiger partial charge in [0.15, 0.2) is 11.6 Å². The second-order valence-corrected chi connectivity index (χ2v) is 4.36. The highest BCUT2D eigenvalue weighted by atomic mass is 16.5. The SMILES string of the molecule is CC(=O)OCCC1CC(=O)c2ccccc2C1=O. The van der Waals surface area contributed by atoms with Crippen molar-refractivity contribution in [3.8, 4) is 0 Å². The minimum Gasteiger partial charge on any atom is -0.466 e. The van der Waals surface area contributed by atoms with Gasteiger partial charge in [0.1, 0.15) is 0 Å². The quantitative estimate of drug-likeness (QED) is 0.765. The molecule has 1 aromatic rings. The molecule has 4 heteroatoms. The third-order valence-corrected chi connectivity index (χ3v) is 3.07. The third-order valence-electron chi connectivity index (χ3n) is 3.07. The number of ketones is 2. The molecule has 0 aliphatic heterocycles. The number of carbonyl (C=O) groups excluding carboxylic acids is 3. The van der Waals surface area contributed by atoms with E-state index in [9.17, 15) is 14.4 Å². The Bertz CT molecular complexity index is 504. The van der Waals surface area contributed by atoms with Gasteiger partial charge in [-0.3, -0.25) is 14.4 Å². The third kappa shape index (κ3) is 2.47. The van der Waals surface area contributed by atoms with Crippen molar-refractivity contribution >= 4 is 17.5 Å². The van der Waals surface area contributed by atoms with E-state index in [2.05, 4.69) is 0 Å². The Morgan fingerprint density at radius 1 is 1.28 bits per heavy atom. The fourth-order valence-corrected chi connectivity index (χ4v) is 2.17. The summed E-state index contributed by atoms with van der Waals surface area (Å²) in [7, 11) is 0. The molecule has 1 aromatic carbocycles. The summed E-state index contributed by atoms with van der Waals surface area (Å²) in [6.45, 7) is 1.50. The summed E-state index contributed by atoms with van der Waals surface area (Å²) in [6, 6.07) is 6.85. The van der Waals surface area contributed by atoms with Crippen LogP contribution >= 0.6 is 0 Å². The molecule has 2 rings (SSSR count). The summed E-state index contributed by atoms with van der Waals surface area (Å²) >= 11 is 0. The number of Topliss-reactive ketones (excluding diaryl/α,β-unsaturated/α-hetero) is 2. The summed E-state index contributed by atoms with van der Waals surface area (Å²) in [6.07, 6.45) is 0.607. The van der Waals surface area contributed by atoms with Gasteiger partial charge in [0.2, 0.25) is 0 Å². The molecule has 94 valence electrons. The van der Waals surface area contributed by atoms with Gasteiger partial charge < -0.3 is 4.74 Å². The second-order valence-electron chi connectivity index (χ2n) is 4.36. The lowest BCUT2D eigenvalue weighted by molar-refractivity contribution is -0.141. The molecule has 0 fully saturated rings. The maximum atomic E-state index is 12.1. The average Bonchev–Trinajstić information content (AvgIpc) is 2.35. The summed E-state index contributed by atoms with van der Waals surface area (Å²) in [4.78, 5) is 34.7. The van der Waals surface area contributed by atoms with Crippen LogP contribution in [0.4, 0.5) is 0 Å². The Balaban J connectivity index is 2.11. The highest BCUT2D eigenvalue weighted by molar-refractivity contribution is 6.14. The fraction of sp³-hybridized carbons (Fsp3) is 0.357. The van der Waals surface area contributed by atoms with Crippen LogP contribution in [-0.2, 0) is 9.53 Å². The smallest absolute Gasteiger partial charge is 0.302 e. The van der Waals surface area contributed by atoms with Crippen LogP contribution in [0, 0.1) is 5.92 Å². The van der Waals surface area contributed by atoms with Gasteiger partial charge in [-0.15, -0.1) is 0 Å². The lowest BCUT2D eigenvalue weighted by atomic mass is 9.80. The van der Waals surface area contributed by atoms with Crippen molar-refractivity contribution in [3.63, 3.8) is 0 Å². The van der Waals surface area contributed by atoms with E-state index < -0.39 is 0 Å². The first-order valence-corrected chi connectivity index (χ1v) is 5.89. The zero-order chi connectivity index (χ0) is 13.1. The van der Waals surface area contributed by atoms with E-state index in [1.54, 1.807) is 24.3 Å². The lowest BCUT2D eigenvalue weighted by Gasteiger charge is -2.21. The molecule has 0 saturated carbocycles. The van der Waals surface area contributed by atoms with E-state index in [4.69, 9.17) is 4.74 Å². The minimum absolute atomic E-state index is 0.0157. The van der Waals surface area contributed by atoms with E-state index in [1.165, 1.54) is 6.92 Å². The lowest BCUT2D eigenvalue weighted by Crippen LogP contribution is -2.28. The van der Waals surface area contributed by atoms with Crippen LogP contribution in [0.2, 0.25) is 0 Å². The van der Waals surface area contributed by atoms with Crippen molar-refractivity contribution in [1.82, 2.24) is 0 Å². The molecule has 0 aromatic heterocycles. The van der Waals surface area contributed by atoms with Gasteiger partial charge in [0, 0.05) is 30.4 Å². The van der Waals surface area contributed by atoms with Crippen molar-refractivity contribution in [1.29, 1.82) is 0 Å². The Morgan fingerprint density at radius 3 is 2.61 bits per heavy atom. The molecule has 0 amide bonds. The standard InChI is InChI=1S/C14H14O4/c1-9(15)18-7-6-10-8-13(16)11-4-2-3-5-12(11)14(10)17/h2-5,10H,6-8H2,1H3. The number of fused-ring (bicyclic) bond motifs is 1. The van der Waals surface area contributed by atoms with Gasteiger partial charge >= 0.3 is 5.97 Å². The molecule has 0 heterocycles. The van der Waals surface area contributed by atoms with E-state index in [-0.39, 0.29) is 36.5 Å². The molecule has 1 unspecified atom stereocenters. The predicted octanol–water partition coefficient (Wildman–Crippen LogP) is 2.03. The van der Waals surface area contributed by atoms with Crippen molar-refractivity contribution in [2.45, 2.75) is 19.8 Å². The monoisotopic (exact) mass is 246 g/mol. The summed E-state index contributed by atoms with van der Waals surface area (Å²) in [5, 5.41) is 0. The summed E-state index contributed by atoms with van der Waals surface area (Å²) < 4.78 is 4.81. The molecule has 0 bridgehead atoms. The van der Waals surface area contributed by atoms with Gasteiger partial charge in [-0.25, -0.2) is 0 Å².